The summed E-state index contributed by atoms with van der Waals surface area (Å²) in [6.45, 7) is 8.53. The first-order valence-corrected chi connectivity index (χ1v) is 12.8. The quantitative estimate of drug-likeness (QED) is 0.268. The fourth-order valence-electron chi connectivity index (χ4n) is 6.63. The number of hydrogen-bond donors (Lipinski definition) is 2. The van der Waals surface area contributed by atoms with Crippen molar-refractivity contribution in [3.05, 3.63) is 29.3 Å². The highest BCUT2D eigenvalue weighted by molar-refractivity contribution is 5.88. The zero-order valence-electron chi connectivity index (χ0n) is 22.3. The zero-order valence-corrected chi connectivity index (χ0v) is 22.3. The third kappa shape index (κ3) is 4.64. The Bertz CT molecular complexity index is 1170. The first kappa shape index (κ1) is 27.2. The SMILES string of the molecule is COC(=O)C#C[C@]1(O)CC[C@H]2[C@@H]3C[C@@H](OC(C)=O)c4cc(OC(=O)C(C)(C)C)ccc4[C@H]3C[C@@H](O)[C@@]21C. The minimum atomic E-state index is -1.56. The summed E-state index contributed by atoms with van der Waals surface area (Å²) in [5, 5.41) is 23.0. The topological polar surface area (TPSA) is 119 Å². The molecule has 2 saturated carbocycles. The van der Waals surface area contributed by atoms with Crippen molar-refractivity contribution in [1.29, 1.82) is 0 Å². The number of carbonyl (C=O) groups is 3. The van der Waals surface area contributed by atoms with Crippen molar-refractivity contribution in [2.24, 2.45) is 22.7 Å². The van der Waals surface area contributed by atoms with Crippen molar-refractivity contribution in [3.8, 4) is 17.6 Å². The van der Waals surface area contributed by atoms with Gasteiger partial charge in [-0.2, -0.15) is 0 Å². The average molecular weight is 513 g/mol. The number of aliphatic hydroxyl groups excluding tert-OH is 1. The molecule has 4 rings (SSSR count). The summed E-state index contributed by atoms with van der Waals surface area (Å²) in [6, 6.07) is 5.39. The fraction of sp³-hybridized carbons (Fsp3) is 0.621. The van der Waals surface area contributed by atoms with Crippen LogP contribution in [0.25, 0.3) is 0 Å². The van der Waals surface area contributed by atoms with Gasteiger partial charge >= 0.3 is 17.9 Å². The average Bonchev–Trinajstić information content (AvgIpc) is 3.10. The van der Waals surface area contributed by atoms with Crippen LogP contribution in [0.4, 0.5) is 0 Å². The standard InChI is InChI=1S/C29H36O8/c1-16(30)36-23-14-20-19(18-8-7-17(13-21(18)23)37-26(33)27(2,3)4)15-24(31)28(5)22(20)9-11-29(28,34)12-10-25(32)35-6/h7-8,13,19-20,22-24,31,34H,9,11,14-15H2,1-6H3/t19-,20-,22+,23-,24-,28-,29-/m1/s1. The van der Waals surface area contributed by atoms with E-state index < -0.39 is 40.6 Å². The number of aliphatic hydroxyl groups is 2. The minimum absolute atomic E-state index is 0.00202. The van der Waals surface area contributed by atoms with E-state index >= 15 is 0 Å². The molecule has 0 spiro atoms. The highest BCUT2D eigenvalue weighted by atomic mass is 16.5. The number of hydrogen-bond acceptors (Lipinski definition) is 8. The number of ether oxygens (including phenoxy) is 3. The van der Waals surface area contributed by atoms with E-state index in [4.69, 9.17) is 9.47 Å². The molecule has 7 atom stereocenters. The van der Waals surface area contributed by atoms with E-state index in [2.05, 4.69) is 16.6 Å². The van der Waals surface area contributed by atoms with Crippen molar-refractivity contribution in [3.63, 3.8) is 0 Å². The monoisotopic (exact) mass is 512 g/mol. The van der Waals surface area contributed by atoms with E-state index in [1.54, 1.807) is 32.9 Å². The van der Waals surface area contributed by atoms with E-state index in [0.717, 1.165) is 11.1 Å². The minimum Gasteiger partial charge on any atom is -0.459 e. The second kappa shape index (κ2) is 9.45. The van der Waals surface area contributed by atoms with Gasteiger partial charge in [-0.15, -0.1) is 0 Å². The summed E-state index contributed by atoms with van der Waals surface area (Å²) in [5.41, 5.74) is -1.50. The van der Waals surface area contributed by atoms with Crippen LogP contribution in [0.1, 0.15) is 83.5 Å². The van der Waals surface area contributed by atoms with Crippen LogP contribution in [0.3, 0.4) is 0 Å². The number of fused-ring (bicyclic) bond motifs is 5. The van der Waals surface area contributed by atoms with E-state index in [-0.39, 0.29) is 23.7 Å². The number of methoxy groups -OCH3 is 1. The van der Waals surface area contributed by atoms with Crippen molar-refractivity contribution in [2.75, 3.05) is 7.11 Å². The lowest BCUT2D eigenvalue weighted by molar-refractivity contribution is -0.159. The van der Waals surface area contributed by atoms with Gasteiger partial charge in [-0.05, 0) is 87.5 Å². The maximum atomic E-state index is 12.5. The van der Waals surface area contributed by atoms with Gasteiger partial charge in [-0.3, -0.25) is 9.59 Å². The predicted molar refractivity (Wildman–Crippen MR) is 133 cm³/mol. The van der Waals surface area contributed by atoms with Crippen molar-refractivity contribution in [2.45, 2.75) is 84.0 Å². The summed E-state index contributed by atoms with van der Waals surface area (Å²) in [5.74, 6) is 3.76. The molecular formula is C29H36O8. The third-order valence-electron chi connectivity index (χ3n) is 8.66. The first-order valence-electron chi connectivity index (χ1n) is 12.8. The molecule has 2 N–H and O–H groups in total. The van der Waals surface area contributed by atoms with E-state index in [9.17, 15) is 24.6 Å². The fourth-order valence-corrected chi connectivity index (χ4v) is 6.63. The molecule has 8 nitrogen and oxygen atoms in total. The van der Waals surface area contributed by atoms with Crippen LogP contribution in [-0.2, 0) is 23.9 Å². The molecule has 0 aromatic heterocycles. The van der Waals surface area contributed by atoms with Crippen LogP contribution in [-0.4, -0.2) is 46.9 Å². The molecule has 0 heterocycles. The molecule has 1 aromatic carbocycles. The molecule has 3 aliphatic carbocycles. The number of esters is 3. The summed E-state index contributed by atoms with van der Waals surface area (Å²) in [7, 11) is 1.23. The predicted octanol–water partition coefficient (Wildman–Crippen LogP) is 3.43. The smallest absolute Gasteiger partial charge is 0.384 e. The Balaban J connectivity index is 1.72. The summed E-state index contributed by atoms with van der Waals surface area (Å²) < 4.78 is 16.0. The highest BCUT2D eigenvalue weighted by Crippen LogP contribution is 2.65. The molecule has 2 fully saturated rings. The van der Waals surface area contributed by atoms with Gasteiger partial charge in [0.25, 0.3) is 0 Å². The highest BCUT2D eigenvalue weighted by Gasteiger charge is 2.66. The van der Waals surface area contributed by atoms with Gasteiger partial charge in [0, 0.05) is 18.3 Å². The molecule has 0 bridgehead atoms. The van der Waals surface area contributed by atoms with Crippen molar-refractivity contribution in [1.82, 2.24) is 0 Å². The lowest BCUT2D eigenvalue weighted by Crippen LogP contribution is -2.58. The van der Waals surface area contributed by atoms with Crippen molar-refractivity contribution >= 4 is 17.9 Å². The van der Waals surface area contributed by atoms with E-state index in [1.165, 1.54) is 14.0 Å². The number of benzene rings is 1. The maximum Gasteiger partial charge on any atom is 0.384 e. The van der Waals surface area contributed by atoms with Crippen LogP contribution in [0.15, 0.2) is 18.2 Å². The molecule has 8 heteroatoms. The van der Waals surface area contributed by atoms with E-state index in [1.807, 2.05) is 13.0 Å². The van der Waals surface area contributed by atoms with Gasteiger partial charge in [0.2, 0.25) is 0 Å². The molecular weight excluding hydrogens is 476 g/mol. The van der Waals surface area contributed by atoms with E-state index in [0.29, 0.717) is 31.4 Å². The lowest BCUT2D eigenvalue weighted by atomic mass is 9.52. The molecule has 200 valence electrons. The molecule has 0 aliphatic heterocycles. The van der Waals surface area contributed by atoms with Gasteiger partial charge in [-0.25, -0.2) is 4.79 Å². The van der Waals surface area contributed by atoms with Gasteiger partial charge in [0.1, 0.15) is 17.5 Å². The Morgan fingerprint density at radius 3 is 2.46 bits per heavy atom. The Morgan fingerprint density at radius 2 is 1.84 bits per heavy atom. The second-order valence-corrected chi connectivity index (χ2v) is 11.8. The van der Waals surface area contributed by atoms with Crippen LogP contribution < -0.4 is 4.74 Å². The van der Waals surface area contributed by atoms with Gasteiger partial charge < -0.3 is 24.4 Å². The largest absolute Gasteiger partial charge is 0.459 e. The Morgan fingerprint density at radius 1 is 1.14 bits per heavy atom. The summed E-state index contributed by atoms with van der Waals surface area (Å²) in [6.07, 6.45) is 0.351. The third-order valence-corrected chi connectivity index (χ3v) is 8.66. The normalized spacial score (nSPS) is 34.1. The Kier molecular flexibility index (Phi) is 6.93. The van der Waals surface area contributed by atoms with Crippen LogP contribution in [0.2, 0.25) is 0 Å². The number of carbonyl (C=O) groups excluding carboxylic acids is 3. The van der Waals surface area contributed by atoms with Crippen LogP contribution in [0.5, 0.6) is 5.75 Å². The van der Waals surface area contributed by atoms with Crippen molar-refractivity contribution < 1.29 is 38.8 Å². The summed E-state index contributed by atoms with van der Waals surface area (Å²) >= 11 is 0. The lowest BCUT2D eigenvalue weighted by Gasteiger charge is -2.55. The van der Waals surface area contributed by atoms with Crippen LogP contribution >= 0.6 is 0 Å². The number of rotatable bonds is 2. The van der Waals surface area contributed by atoms with Crippen LogP contribution in [0, 0.1) is 34.5 Å². The Hall–Kier alpha value is -2.89. The molecule has 0 amide bonds. The van der Waals surface area contributed by atoms with Gasteiger partial charge in [0.05, 0.1) is 18.6 Å². The molecule has 0 unspecified atom stereocenters. The Labute approximate surface area is 217 Å². The zero-order chi connectivity index (χ0) is 27.3. The van der Waals surface area contributed by atoms with Gasteiger partial charge in [0.15, 0.2) is 0 Å². The summed E-state index contributed by atoms with van der Waals surface area (Å²) in [4.78, 5) is 36.2. The molecule has 3 aliphatic rings. The maximum absolute atomic E-state index is 12.5. The van der Waals surface area contributed by atoms with Gasteiger partial charge in [-0.1, -0.05) is 18.9 Å². The first-order chi connectivity index (χ1) is 17.2. The second-order valence-electron chi connectivity index (χ2n) is 11.8. The molecule has 1 aromatic rings. The molecule has 0 saturated heterocycles. The molecule has 0 radical (unpaired) electrons. The molecule has 37 heavy (non-hydrogen) atoms.